The summed E-state index contributed by atoms with van der Waals surface area (Å²) in [6, 6.07) is 16.1. The van der Waals surface area contributed by atoms with Crippen molar-refractivity contribution in [1.82, 2.24) is 14.7 Å². The molecule has 6 heteroatoms. The molecule has 0 radical (unpaired) electrons. The van der Waals surface area contributed by atoms with Gasteiger partial charge in [-0.15, -0.1) is 0 Å². The van der Waals surface area contributed by atoms with E-state index in [0.717, 1.165) is 44.0 Å². The van der Waals surface area contributed by atoms with E-state index in [0.29, 0.717) is 17.0 Å². The van der Waals surface area contributed by atoms with Gasteiger partial charge >= 0.3 is 0 Å². The third kappa shape index (κ3) is 3.93. The van der Waals surface area contributed by atoms with E-state index in [-0.39, 0.29) is 11.7 Å². The van der Waals surface area contributed by atoms with Crippen LogP contribution in [0.5, 0.6) is 0 Å². The smallest absolute Gasteiger partial charge is 0.273 e. The minimum Gasteiger partial charge on any atom is -0.332 e. The molecule has 0 bridgehead atoms. The minimum atomic E-state index is -0.347. The maximum Gasteiger partial charge on any atom is 0.273 e. The van der Waals surface area contributed by atoms with Crippen molar-refractivity contribution in [2.75, 3.05) is 32.7 Å². The van der Waals surface area contributed by atoms with E-state index in [1.807, 2.05) is 36.1 Å². The summed E-state index contributed by atoms with van der Waals surface area (Å²) in [4.78, 5) is 16.8. The van der Waals surface area contributed by atoms with Crippen molar-refractivity contribution in [2.45, 2.75) is 13.8 Å². The first-order chi connectivity index (χ1) is 14.1. The van der Waals surface area contributed by atoms with Gasteiger partial charge in [0, 0.05) is 5.56 Å². The number of aryl methyl sites for hydroxylation is 1. The molecule has 4 rings (SSSR count). The van der Waals surface area contributed by atoms with Crippen LogP contribution < -0.4 is 4.90 Å². The Bertz CT molecular complexity index is 1020. The Labute approximate surface area is 170 Å². The van der Waals surface area contributed by atoms with Crippen LogP contribution in [0.3, 0.4) is 0 Å². The molecular formula is C23H26FN4O+. The van der Waals surface area contributed by atoms with Crippen LogP contribution in [0, 0.1) is 12.7 Å². The second kappa shape index (κ2) is 8.17. The number of amides is 1. The van der Waals surface area contributed by atoms with Gasteiger partial charge in [0.05, 0.1) is 44.1 Å². The Balaban J connectivity index is 1.75. The van der Waals surface area contributed by atoms with E-state index < -0.39 is 0 Å². The zero-order valence-electron chi connectivity index (χ0n) is 16.9. The van der Waals surface area contributed by atoms with Crippen LogP contribution in [-0.4, -0.2) is 53.3 Å². The van der Waals surface area contributed by atoms with Gasteiger partial charge in [-0.05, 0) is 49.7 Å². The SMILES string of the molecule is CC[NH+]1CCN(C(=O)c2cc(-c3ccccc3F)nn2-c2cccc(C)c2)CC1. The van der Waals surface area contributed by atoms with Crippen LogP contribution in [0.1, 0.15) is 23.0 Å². The highest BCUT2D eigenvalue weighted by molar-refractivity contribution is 5.94. The van der Waals surface area contributed by atoms with Crippen LogP contribution in [0.15, 0.2) is 54.6 Å². The van der Waals surface area contributed by atoms with Gasteiger partial charge in [0.1, 0.15) is 11.5 Å². The van der Waals surface area contributed by atoms with E-state index >= 15 is 0 Å². The zero-order valence-corrected chi connectivity index (χ0v) is 16.9. The molecular weight excluding hydrogens is 367 g/mol. The summed E-state index contributed by atoms with van der Waals surface area (Å²) >= 11 is 0. The number of halogens is 1. The van der Waals surface area contributed by atoms with Crippen LogP contribution >= 0.6 is 0 Å². The molecule has 1 fully saturated rings. The summed E-state index contributed by atoms with van der Waals surface area (Å²) < 4.78 is 16.0. The molecule has 0 unspecified atom stereocenters. The predicted molar refractivity (Wildman–Crippen MR) is 111 cm³/mol. The van der Waals surface area contributed by atoms with E-state index in [1.165, 1.54) is 11.0 Å². The lowest BCUT2D eigenvalue weighted by Gasteiger charge is -2.31. The fraction of sp³-hybridized carbons (Fsp3) is 0.304. The van der Waals surface area contributed by atoms with Gasteiger partial charge in [0.2, 0.25) is 0 Å². The number of benzene rings is 2. The van der Waals surface area contributed by atoms with Gasteiger partial charge in [-0.1, -0.05) is 24.3 Å². The Morgan fingerprint density at radius 1 is 1.10 bits per heavy atom. The molecule has 0 aliphatic carbocycles. The van der Waals surface area contributed by atoms with E-state index in [1.54, 1.807) is 28.9 Å². The fourth-order valence-electron chi connectivity index (χ4n) is 3.83. The number of rotatable bonds is 4. The molecule has 0 spiro atoms. The highest BCUT2D eigenvalue weighted by atomic mass is 19.1. The fourth-order valence-corrected chi connectivity index (χ4v) is 3.83. The van der Waals surface area contributed by atoms with Crippen LogP contribution in [0.25, 0.3) is 16.9 Å². The van der Waals surface area contributed by atoms with Gasteiger partial charge in [-0.3, -0.25) is 4.79 Å². The first kappa shape index (κ1) is 19.3. The van der Waals surface area contributed by atoms with Gasteiger partial charge in [0.25, 0.3) is 5.91 Å². The highest BCUT2D eigenvalue weighted by Crippen LogP contribution is 2.25. The number of likely N-dealkylation sites (N-methyl/N-ethyl adjacent to an activating group) is 1. The summed E-state index contributed by atoms with van der Waals surface area (Å²) in [5.74, 6) is -0.405. The van der Waals surface area contributed by atoms with E-state index in [4.69, 9.17) is 0 Å². The minimum absolute atomic E-state index is 0.0586. The molecule has 0 saturated carbocycles. The van der Waals surface area contributed by atoms with Gasteiger partial charge in [-0.25, -0.2) is 9.07 Å². The first-order valence-corrected chi connectivity index (χ1v) is 10.1. The second-order valence-corrected chi connectivity index (χ2v) is 7.54. The number of hydrogen-bond acceptors (Lipinski definition) is 2. The molecule has 1 aromatic heterocycles. The molecule has 0 atom stereocenters. The van der Waals surface area contributed by atoms with Crippen molar-refractivity contribution < 1.29 is 14.1 Å². The van der Waals surface area contributed by atoms with Crippen LogP contribution in [-0.2, 0) is 0 Å². The molecule has 1 saturated heterocycles. The average Bonchev–Trinajstić information content (AvgIpc) is 3.19. The molecule has 5 nitrogen and oxygen atoms in total. The van der Waals surface area contributed by atoms with E-state index in [2.05, 4.69) is 12.0 Å². The molecule has 1 aliphatic heterocycles. The third-order valence-electron chi connectivity index (χ3n) is 5.58. The molecule has 3 aromatic rings. The number of aromatic nitrogens is 2. The number of quaternary nitrogens is 1. The second-order valence-electron chi connectivity index (χ2n) is 7.54. The Morgan fingerprint density at radius 3 is 2.55 bits per heavy atom. The molecule has 1 aliphatic rings. The monoisotopic (exact) mass is 393 g/mol. The topological polar surface area (TPSA) is 42.6 Å². The maximum absolute atomic E-state index is 14.4. The summed E-state index contributed by atoms with van der Waals surface area (Å²) in [5.41, 5.74) is 3.20. The normalized spacial score (nSPS) is 14.9. The van der Waals surface area contributed by atoms with Crippen molar-refractivity contribution in [1.29, 1.82) is 0 Å². The van der Waals surface area contributed by atoms with Gasteiger partial charge < -0.3 is 9.80 Å². The van der Waals surface area contributed by atoms with Crippen molar-refractivity contribution in [2.24, 2.45) is 0 Å². The number of nitrogens with zero attached hydrogens (tertiary/aromatic N) is 3. The number of nitrogens with one attached hydrogen (secondary N) is 1. The Kier molecular flexibility index (Phi) is 5.45. The van der Waals surface area contributed by atoms with Crippen molar-refractivity contribution in [3.63, 3.8) is 0 Å². The zero-order chi connectivity index (χ0) is 20.4. The van der Waals surface area contributed by atoms with Gasteiger partial charge in [-0.2, -0.15) is 5.10 Å². The number of hydrogen-bond donors (Lipinski definition) is 1. The summed E-state index contributed by atoms with van der Waals surface area (Å²) in [6.45, 7) is 8.56. The Hall–Kier alpha value is -2.99. The molecule has 1 N–H and O–H groups in total. The van der Waals surface area contributed by atoms with E-state index in [9.17, 15) is 9.18 Å². The first-order valence-electron chi connectivity index (χ1n) is 10.1. The largest absolute Gasteiger partial charge is 0.332 e. The molecule has 150 valence electrons. The lowest BCUT2D eigenvalue weighted by molar-refractivity contribution is -0.902. The van der Waals surface area contributed by atoms with Gasteiger partial charge in [0.15, 0.2) is 0 Å². The van der Waals surface area contributed by atoms with Crippen LogP contribution in [0.4, 0.5) is 4.39 Å². The third-order valence-corrected chi connectivity index (χ3v) is 5.58. The van der Waals surface area contributed by atoms with Crippen LogP contribution in [0.2, 0.25) is 0 Å². The molecule has 1 amide bonds. The Morgan fingerprint density at radius 2 is 1.86 bits per heavy atom. The molecule has 29 heavy (non-hydrogen) atoms. The summed E-state index contributed by atoms with van der Waals surface area (Å²) in [5, 5.41) is 4.62. The van der Waals surface area contributed by atoms with Crippen molar-refractivity contribution >= 4 is 5.91 Å². The quantitative estimate of drug-likeness (QED) is 0.739. The average molecular weight is 393 g/mol. The number of carbonyl (C=O) groups is 1. The summed E-state index contributed by atoms with van der Waals surface area (Å²) in [6.07, 6.45) is 0. The predicted octanol–water partition coefficient (Wildman–Crippen LogP) is 2.35. The number of piperazine rings is 1. The lowest BCUT2D eigenvalue weighted by Crippen LogP contribution is -3.14. The molecule has 2 aromatic carbocycles. The molecule has 2 heterocycles. The number of carbonyl (C=O) groups excluding carboxylic acids is 1. The maximum atomic E-state index is 14.4. The van der Waals surface area contributed by atoms with Crippen molar-refractivity contribution in [3.05, 3.63) is 71.7 Å². The standard InChI is InChI=1S/C23H25FN4O/c1-3-26-11-13-27(14-12-26)23(29)22-16-21(19-9-4-5-10-20(19)24)25-28(22)18-8-6-7-17(2)15-18/h4-10,15-16H,3,11-14H2,1-2H3/p+1. The van der Waals surface area contributed by atoms with Crippen molar-refractivity contribution in [3.8, 4) is 16.9 Å². The highest BCUT2D eigenvalue weighted by Gasteiger charge is 2.27. The summed E-state index contributed by atoms with van der Waals surface area (Å²) in [7, 11) is 0. The lowest BCUT2D eigenvalue weighted by atomic mass is 10.1.